The highest BCUT2D eigenvalue weighted by Crippen LogP contribution is 2.18. The summed E-state index contributed by atoms with van der Waals surface area (Å²) in [7, 11) is 0. The zero-order valence-corrected chi connectivity index (χ0v) is 10.1. The Morgan fingerprint density at radius 1 is 1.06 bits per heavy atom. The summed E-state index contributed by atoms with van der Waals surface area (Å²) in [6.45, 7) is 4.13. The molecule has 1 unspecified atom stereocenters. The number of rotatable bonds is 3. The normalized spacial score (nSPS) is 12.4. The molecule has 2 rings (SSSR count). The van der Waals surface area contributed by atoms with Crippen molar-refractivity contribution in [2.24, 2.45) is 0 Å². The maximum absolute atomic E-state index is 10.1. The summed E-state index contributed by atoms with van der Waals surface area (Å²) in [6.07, 6.45) is 4.82. The van der Waals surface area contributed by atoms with Gasteiger partial charge in [-0.05, 0) is 19.4 Å². The lowest BCUT2D eigenvalue weighted by molar-refractivity contribution is 0.177. The molecule has 1 atom stereocenters. The van der Waals surface area contributed by atoms with Gasteiger partial charge < -0.3 is 5.11 Å². The molecule has 1 N–H and O–H groups in total. The molecule has 3 heteroatoms. The second-order valence-corrected chi connectivity index (χ2v) is 4.39. The first-order chi connectivity index (χ1) is 8.15. The van der Waals surface area contributed by atoms with Crippen LogP contribution in [0.25, 0.3) is 0 Å². The molecule has 1 heterocycles. The Bertz CT molecular complexity index is 477. The molecule has 0 bridgehead atoms. The van der Waals surface area contributed by atoms with E-state index >= 15 is 0 Å². The molecule has 1 aromatic heterocycles. The van der Waals surface area contributed by atoms with Gasteiger partial charge in [-0.3, -0.25) is 0 Å². The average Bonchev–Trinajstić information content (AvgIpc) is 2.28. The smallest absolute Gasteiger partial charge is 0.115 e. The van der Waals surface area contributed by atoms with E-state index in [0.29, 0.717) is 6.42 Å². The van der Waals surface area contributed by atoms with E-state index in [1.807, 2.05) is 0 Å². The van der Waals surface area contributed by atoms with Gasteiger partial charge in [0.1, 0.15) is 6.33 Å². The van der Waals surface area contributed by atoms with Gasteiger partial charge in [0.15, 0.2) is 0 Å². The third kappa shape index (κ3) is 3.11. The van der Waals surface area contributed by atoms with E-state index in [0.717, 1.165) is 11.1 Å². The van der Waals surface area contributed by atoms with Gasteiger partial charge >= 0.3 is 0 Å². The quantitative estimate of drug-likeness (QED) is 0.877. The van der Waals surface area contributed by atoms with Gasteiger partial charge in [0.25, 0.3) is 0 Å². The van der Waals surface area contributed by atoms with E-state index in [2.05, 4.69) is 42.0 Å². The summed E-state index contributed by atoms with van der Waals surface area (Å²) >= 11 is 0. The third-order valence-corrected chi connectivity index (χ3v) is 2.68. The number of hydrogen-bond donors (Lipinski definition) is 1. The van der Waals surface area contributed by atoms with Crippen molar-refractivity contribution < 1.29 is 5.11 Å². The second kappa shape index (κ2) is 5.06. The van der Waals surface area contributed by atoms with E-state index in [1.165, 1.54) is 17.5 Å². The van der Waals surface area contributed by atoms with Crippen LogP contribution in [0.3, 0.4) is 0 Å². The number of aliphatic hydroxyl groups excluding tert-OH is 1. The number of aryl methyl sites for hydroxylation is 2. The minimum atomic E-state index is -0.544. The summed E-state index contributed by atoms with van der Waals surface area (Å²) in [5, 5.41) is 10.1. The Balaban J connectivity index is 2.16. The van der Waals surface area contributed by atoms with Crippen LogP contribution in [0.4, 0.5) is 0 Å². The van der Waals surface area contributed by atoms with E-state index in [9.17, 15) is 5.11 Å². The monoisotopic (exact) mass is 228 g/mol. The predicted molar refractivity (Wildman–Crippen MR) is 66.6 cm³/mol. The van der Waals surface area contributed by atoms with Gasteiger partial charge in [-0.1, -0.05) is 29.3 Å². The number of nitrogens with zero attached hydrogens (tertiary/aromatic N) is 2. The molecule has 1 aromatic carbocycles. The first-order valence-electron chi connectivity index (χ1n) is 5.65. The molecule has 0 aliphatic rings. The van der Waals surface area contributed by atoms with Crippen molar-refractivity contribution in [3.63, 3.8) is 0 Å². The van der Waals surface area contributed by atoms with Crippen LogP contribution in [0.2, 0.25) is 0 Å². The predicted octanol–water partition coefficient (Wildman–Crippen LogP) is 2.37. The van der Waals surface area contributed by atoms with Crippen molar-refractivity contribution in [2.75, 3.05) is 0 Å². The van der Waals surface area contributed by atoms with Crippen LogP contribution >= 0.6 is 0 Å². The van der Waals surface area contributed by atoms with E-state index in [-0.39, 0.29) is 0 Å². The Labute approximate surface area is 101 Å². The van der Waals surface area contributed by atoms with Gasteiger partial charge in [-0.2, -0.15) is 0 Å². The summed E-state index contributed by atoms with van der Waals surface area (Å²) in [5.41, 5.74) is 4.33. The zero-order chi connectivity index (χ0) is 12.3. The lowest BCUT2D eigenvalue weighted by atomic mass is 10.00. The molecule has 3 nitrogen and oxygen atoms in total. The summed E-state index contributed by atoms with van der Waals surface area (Å²) in [4.78, 5) is 7.82. The van der Waals surface area contributed by atoms with Gasteiger partial charge in [0.2, 0.25) is 0 Å². The molecule has 17 heavy (non-hydrogen) atoms. The maximum Gasteiger partial charge on any atom is 0.115 e. The van der Waals surface area contributed by atoms with Gasteiger partial charge in [-0.25, -0.2) is 9.97 Å². The second-order valence-electron chi connectivity index (χ2n) is 4.39. The molecule has 0 saturated carbocycles. The minimum absolute atomic E-state index is 0.544. The van der Waals surface area contributed by atoms with Crippen molar-refractivity contribution in [1.29, 1.82) is 0 Å². The Hall–Kier alpha value is -1.74. The molecule has 0 fully saturated rings. The summed E-state index contributed by atoms with van der Waals surface area (Å²) in [5.74, 6) is 0. The summed E-state index contributed by atoms with van der Waals surface area (Å²) < 4.78 is 0. The lowest BCUT2D eigenvalue weighted by Gasteiger charge is -2.11. The van der Waals surface area contributed by atoms with Crippen molar-refractivity contribution in [2.45, 2.75) is 26.4 Å². The fourth-order valence-electron chi connectivity index (χ4n) is 2.01. The number of aliphatic hydroxyl groups is 1. The molecule has 0 radical (unpaired) electrons. The highest BCUT2D eigenvalue weighted by Gasteiger charge is 2.09. The van der Waals surface area contributed by atoms with Crippen LogP contribution < -0.4 is 0 Å². The molecule has 0 aliphatic carbocycles. The Morgan fingerprint density at radius 2 is 1.65 bits per heavy atom. The van der Waals surface area contributed by atoms with Crippen LogP contribution in [0.1, 0.15) is 28.4 Å². The van der Waals surface area contributed by atoms with Crippen LogP contribution in [-0.2, 0) is 6.42 Å². The maximum atomic E-state index is 10.1. The van der Waals surface area contributed by atoms with E-state index in [1.54, 1.807) is 12.4 Å². The molecular formula is C14H16N2O. The fraction of sp³-hybridized carbons (Fsp3) is 0.286. The highest BCUT2D eigenvalue weighted by atomic mass is 16.3. The largest absolute Gasteiger partial charge is 0.388 e. The van der Waals surface area contributed by atoms with Crippen molar-refractivity contribution in [3.8, 4) is 0 Å². The van der Waals surface area contributed by atoms with Crippen LogP contribution in [0.5, 0.6) is 0 Å². The SMILES string of the molecule is Cc1cc(C)cc(CC(O)c2cncnc2)c1. The van der Waals surface area contributed by atoms with E-state index < -0.39 is 6.10 Å². The molecule has 88 valence electrons. The topological polar surface area (TPSA) is 46.0 Å². The van der Waals surface area contributed by atoms with Crippen LogP contribution in [0.15, 0.2) is 36.9 Å². The third-order valence-electron chi connectivity index (χ3n) is 2.68. The first kappa shape index (κ1) is 11.7. The number of aromatic nitrogens is 2. The molecule has 0 aliphatic heterocycles. The van der Waals surface area contributed by atoms with Crippen molar-refractivity contribution in [3.05, 3.63) is 59.2 Å². The lowest BCUT2D eigenvalue weighted by Crippen LogP contribution is -2.03. The standard InChI is InChI=1S/C14H16N2O/c1-10-3-11(2)5-12(4-10)6-14(17)13-7-15-9-16-8-13/h3-5,7-9,14,17H,6H2,1-2H3. The first-order valence-corrected chi connectivity index (χ1v) is 5.65. The minimum Gasteiger partial charge on any atom is -0.388 e. The van der Waals surface area contributed by atoms with Crippen molar-refractivity contribution in [1.82, 2.24) is 9.97 Å². The zero-order valence-electron chi connectivity index (χ0n) is 10.1. The molecule has 0 spiro atoms. The Kier molecular flexibility index (Phi) is 3.49. The fourth-order valence-corrected chi connectivity index (χ4v) is 2.01. The van der Waals surface area contributed by atoms with Gasteiger partial charge in [-0.15, -0.1) is 0 Å². The Morgan fingerprint density at radius 3 is 2.24 bits per heavy atom. The van der Waals surface area contributed by atoms with E-state index in [4.69, 9.17) is 0 Å². The number of benzene rings is 1. The van der Waals surface area contributed by atoms with Crippen molar-refractivity contribution >= 4 is 0 Å². The molecular weight excluding hydrogens is 212 g/mol. The van der Waals surface area contributed by atoms with Gasteiger partial charge in [0.05, 0.1) is 6.10 Å². The highest BCUT2D eigenvalue weighted by molar-refractivity contribution is 5.29. The molecule has 0 saturated heterocycles. The average molecular weight is 228 g/mol. The molecule has 2 aromatic rings. The number of hydrogen-bond acceptors (Lipinski definition) is 3. The van der Waals surface area contributed by atoms with Crippen LogP contribution in [0, 0.1) is 13.8 Å². The van der Waals surface area contributed by atoms with Gasteiger partial charge in [0, 0.05) is 24.4 Å². The summed E-state index contributed by atoms with van der Waals surface area (Å²) in [6, 6.07) is 6.32. The molecule has 0 amide bonds. The van der Waals surface area contributed by atoms with Crippen LogP contribution in [-0.4, -0.2) is 15.1 Å².